The van der Waals surface area contributed by atoms with Gasteiger partial charge in [-0.15, -0.1) is 0 Å². The van der Waals surface area contributed by atoms with Crippen molar-refractivity contribution in [1.29, 1.82) is 0 Å². The van der Waals surface area contributed by atoms with Gasteiger partial charge in [-0.3, -0.25) is 4.79 Å². The number of aliphatic hydroxyl groups excluding tert-OH is 1. The van der Waals surface area contributed by atoms with Gasteiger partial charge in [0.15, 0.2) is 0 Å². The second kappa shape index (κ2) is 6.99. The van der Waals surface area contributed by atoms with Crippen LogP contribution in [0.5, 0.6) is 0 Å². The summed E-state index contributed by atoms with van der Waals surface area (Å²) in [5.41, 5.74) is 1.39. The Morgan fingerprint density at radius 3 is 2.67 bits per heavy atom. The van der Waals surface area contributed by atoms with Gasteiger partial charge < -0.3 is 10.4 Å². The third kappa shape index (κ3) is 3.88. The van der Waals surface area contributed by atoms with Crippen molar-refractivity contribution in [2.75, 3.05) is 6.54 Å². The van der Waals surface area contributed by atoms with Crippen molar-refractivity contribution in [3.05, 3.63) is 42.5 Å². The monoisotopic (exact) mass is 288 g/mol. The molecule has 21 heavy (non-hydrogen) atoms. The third-order valence-corrected chi connectivity index (χ3v) is 3.59. The van der Waals surface area contributed by atoms with Crippen molar-refractivity contribution in [2.45, 2.75) is 26.4 Å². The van der Waals surface area contributed by atoms with Gasteiger partial charge in [0.05, 0.1) is 11.8 Å². The van der Waals surface area contributed by atoms with Gasteiger partial charge in [0.1, 0.15) is 12.7 Å². The van der Waals surface area contributed by atoms with Gasteiger partial charge >= 0.3 is 0 Å². The molecule has 0 aliphatic carbocycles. The van der Waals surface area contributed by atoms with Crippen LogP contribution in [-0.4, -0.2) is 38.4 Å². The summed E-state index contributed by atoms with van der Waals surface area (Å²) in [7, 11) is 0. The molecule has 0 aliphatic rings. The van der Waals surface area contributed by atoms with E-state index in [-0.39, 0.29) is 18.4 Å². The molecule has 1 amide bonds. The van der Waals surface area contributed by atoms with Gasteiger partial charge in [-0.25, -0.2) is 9.67 Å². The number of carbonyl (C=O) groups is 1. The van der Waals surface area contributed by atoms with Crippen LogP contribution in [0.2, 0.25) is 0 Å². The molecule has 0 spiro atoms. The summed E-state index contributed by atoms with van der Waals surface area (Å²) in [6, 6.07) is 7.05. The highest BCUT2D eigenvalue weighted by Gasteiger charge is 2.14. The maximum absolute atomic E-state index is 12.0. The van der Waals surface area contributed by atoms with E-state index in [4.69, 9.17) is 0 Å². The maximum Gasteiger partial charge on any atom is 0.251 e. The molecule has 1 heterocycles. The zero-order valence-corrected chi connectivity index (χ0v) is 12.2. The lowest BCUT2D eigenvalue weighted by atomic mass is 10.0. The van der Waals surface area contributed by atoms with Gasteiger partial charge in [-0.1, -0.05) is 20.3 Å². The van der Waals surface area contributed by atoms with E-state index in [2.05, 4.69) is 15.4 Å². The molecule has 2 aromatic rings. The average molecular weight is 288 g/mol. The van der Waals surface area contributed by atoms with Crippen LogP contribution < -0.4 is 5.32 Å². The molecule has 2 rings (SSSR count). The Hall–Kier alpha value is -2.21. The Kier molecular flexibility index (Phi) is 5.05. The first-order valence-electron chi connectivity index (χ1n) is 7.03. The van der Waals surface area contributed by atoms with Gasteiger partial charge in [-0.05, 0) is 30.2 Å². The second-order valence-corrected chi connectivity index (χ2v) is 5.05. The van der Waals surface area contributed by atoms with E-state index < -0.39 is 6.10 Å². The first-order valence-corrected chi connectivity index (χ1v) is 7.03. The number of nitrogens with zero attached hydrogens (tertiary/aromatic N) is 3. The van der Waals surface area contributed by atoms with Crippen molar-refractivity contribution in [3.63, 3.8) is 0 Å². The molecule has 0 saturated carbocycles. The number of hydrogen-bond donors (Lipinski definition) is 2. The minimum Gasteiger partial charge on any atom is -0.391 e. The number of hydrogen-bond acceptors (Lipinski definition) is 4. The summed E-state index contributed by atoms with van der Waals surface area (Å²) < 4.78 is 1.62. The average Bonchev–Trinajstić information content (AvgIpc) is 3.06. The molecule has 6 heteroatoms. The SMILES string of the molecule is CCC(C)C(O)CNC(=O)c1ccc(-n2cncn2)cc1. The van der Waals surface area contributed by atoms with Crippen molar-refractivity contribution >= 4 is 5.91 Å². The molecule has 1 aromatic heterocycles. The standard InChI is InChI=1S/C15H20N4O2/c1-3-11(2)14(20)8-17-15(21)12-4-6-13(7-5-12)19-10-16-9-18-19/h4-7,9-11,14,20H,3,8H2,1-2H3,(H,17,21). The fourth-order valence-corrected chi connectivity index (χ4v) is 1.88. The minimum atomic E-state index is -0.520. The lowest BCUT2D eigenvalue weighted by Gasteiger charge is -2.17. The third-order valence-electron chi connectivity index (χ3n) is 3.59. The molecule has 0 saturated heterocycles. The second-order valence-electron chi connectivity index (χ2n) is 5.05. The van der Waals surface area contributed by atoms with E-state index in [1.54, 1.807) is 35.3 Å². The Morgan fingerprint density at radius 2 is 2.10 bits per heavy atom. The summed E-state index contributed by atoms with van der Waals surface area (Å²) >= 11 is 0. The Bertz CT molecular complexity index is 566. The summed E-state index contributed by atoms with van der Waals surface area (Å²) in [4.78, 5) is 15.9. The smallest absolute Gasteiger partial charge is 0.251 e. The number of aliphatic hydroxyl groups is 1. The van der Waals surface area contributed by atoms with Crippen molar-refractivity contribution < 1.29 is 9.90 Å². The van der Waals surface area contributed by atoms with E-state index >= 15 is 0 Å². The number of rotatable bonds is 6. The van der Waals surface area contributed by atoms with E-state index in [0.717, 1.165) is 12.1 Å². The van der Waals surface area contributed by atoms with Crippen LogP contribution in [-0.2, 0) is 0 Å². The molecule has 1 aromatic carbocycles. The van der Waals surface area contributed by atoms with Crippen LogP contribution >= 0.6 is 0 Å². The van der Waals surface area contributed by atoms with Crippen LogP contribution in [0.15, 0.2) is 36.9 Å². The highest BCUT2D eigenvalue weighted by molar-refractivity contribution is 5.94. The zero-order chi connectivity index (χ0) is 15.2. The summed E-state index contributed by atoms with van der Waals surface area (Å²) in [6.07, 6.45) is 3.41. The van der Waals surface area contributed by atoms with Crippen molar-refractivity contribution in [2.24, 2.45) is 5.92 Å². The van der Waals surface area contributed by atoms with Gasteiger partial charge in [0, 0.05) is 12.1 Å². The highest BCUT2D eigenvalue weighted by Crippen LogP contribution is 2.09. The van der Waals surface area contributed by atoms with Crippen molar-refractivity contribution in [3.8, 4) is 5.69 Å². The highest BCUT2D eigenvalue weighted by atomic mass is 16.3. The maximum atomic E-state index is 12.0. The molecule has 6 nitrogen and oxygen atoms in total. The number of carbonyl (C=O) groups excluding carboxylic acids is 1. The number of aromatic nitrogens is 3. The fourth-order valence-electron chi connectivity index (χ4n) is 1.88. The van der Waals surface area contributed by atoms with Crippen molar-refractivity contribution in [1.82, 2.24) is 20.1 Å². The molecule has 0 bridgehead atoms. The molecule has 2 N–H and O–H groups in total. The van der Waals surface area contributed by atoms with Gasteiger partial charge in [0.25, 0.3) is 5.91 Å². The largest absolute Gasteiger partial charge is 0.391 e. The van der Waals surface area contributed by atoms with E-state index in [1.165, 1.54) is 6.33 Å². The van der Waals surface area contributed by atoms with Crippen LogP contribution in [0.1, 0.15) is 30.6 Å². The Labute approximate surface area is 123 Å². The van der Waals surface area contributed by atoms with Crippen LogP contribution in [0.3, 0.4) is 0 Å². The number of amides is 1. The zero-order valence-electron chi connectivity index (χ0n) is 12.2. The predicted octanol–water partition coefficient (Wildman–Crippen LogP) is 1.40. The summed E-state index contributed by atoms with van der Waals surface area (Å²) in [5.74, 6) is -0.0255. The van der Waals surface area contributed by atoms with E-state index in [9.17, 15) is 9.90 Å². The van der Waals surface area contributed by atoms with E-state index in [0.29, 0.717) is 5.56 Å². The molecule has 0 radical (unpaired) electrons. The summed E-state index contributed by atoms with van der Waals surface area (Å²) in [5, 5.41) is 16.6. The molecular formula is C15H20N4O2. The lowest BCUT2D eigenvalue weighted by Crippen LogP contribution is -2.35. The quantitative estimate of drug-likeness (QED) is 0.842. The molecule has 0 aliphatic heterocycles. The normalized spacial score (nSPS) is 13.7. The molecular weight excluding hydrogens is 268 g/mol. The van der Waals surface area contributed by atoms with Crippen LogP contribution in [0.25, 0.3) is 5.69 Å². The Morgan fingerprint density at radius 1 is 1.38 bits per heavy atom. The summed E-state index contributed by atoms with van der Waals surface area (Å²) in [6.45, 7) is 4.24. The lowest BCUT2D eigenvalue weighted by molar-refractivity contribution is 0.0850. The topological polar surface area (TPSA) is 80.0 Å². The van der Waals surface area contributed by atoms with Gasteiger partial charge in [0.2, 0.25) is 0 Å². The number of benzene rings is 1. The molecule has 2 unspecified atom stereocenters. The molecule has 0 fully saturated rings. The predicted molar refractivity (Wildman–Crippen MR) is 79.2 cm³/mol. The molecule has 2 atom stereocenters. The molecule has 112 valence electrons. The first-order chi connectivity index (χ1) is 10.1. The Balaban J connectivity index is 1.94. The van der Waals surface area contributed by atoms with E-state index in [1.807, 2.05) is 13.8 Å². The fraction of sp³-hybridized carbons (Fsp3) is 0.400. The van der Waals surface area contributed by atoms with Crippen LogP contribution in [0.4, 0.5) is 0 Å². The first kappa shape index (κ1) is 15.2. The number of nitrogens with one attached hydrogen (secondary N) is 1. The van der Waals surface area contributed by atoms with Gasteiger partial charge in [-0.2, -0.15) is 5.10 Å². The minimum absolute atomic E-state index is 0.167. The van der Waals surface area contributed by atoms with Crippen LogP contribution in [0, 0.1) is 5.92 Å².